The summed E-state index contributed by atoms with van der Waals surface area (Å²) >= 11 is 0. The summed E-state index contributed by atoms with van der Waals surface area (Å²) in [5, 5.41) is 4.78. The fraction of sp³-hybridized carbons (Fsp3) is 0.545. The molecule has 1 aromatic heterocycles. The Labute approximate surface area is 171 Å². The zero-order valence-electron chi connectivity index (χ0n) is 17.6. The van der Waals surface area contributed by atoms with Crippen molar-refractivity contribution in [2.24, 2.45) is 5.92 Å². The first-order valence-corrected chi connectivity index (χ1v) is 9.94. The number of benzene rings is 1. The number of nitrogens with zero attached hydrogens (tertiary/aromatic N) is 2. The standard InChI is InChI=1S/C22H30N2O5/c1-22(2,21(25)27-4)29-15-18-13-20(17-6-5-7-19(12-17)26-3)24(23-18)14-16-8-10-28-11-9-16/h5-7,12-13,16H,8-11,14-15H2,1-4H3. The molecule has 0 amide bonds. The highest BCUT2D eigenvalue weighted by Crippen LogP contribution is 2.28. The lowest BCUT2D eigenvalue weighted by Gasteiger charge is -2.23. The maximum absolute atomic E-state index is 11.9. The fourth-order valence-corrected chi connectivity index (χ4v) is 3.43. The van der Waals surface area contributed by atoms with E-state index >= 15 is 0 Å². The molecule has 0 bridgehead atoms. The van der Waals surface area contributed by atoms with Gasteiger partial charge in [0, 0.05) is 25.3 Å². The van der Waals surface area contributed by atoms with Crippen molar-refractivity contribution in [3.63, 3.8) is 0 Å². The Hall–Kier alpha value is -2.38. The van der Waals surface area contributed by atoms with Crippen LogP contribution < -0.4 is 4.74 Å². The molecule has 1 aliphatic heterocycles. The molecule has 158 valence electrons. The van der Waals surface area contributed by atoms with Crippen LogP contribution in [0, 0.1) is 5.92 Å². The van der Waals surface area contributed by atoms with Crippen molar-refractivity contribution < 1.29 is 23.7 Å². The summed E-state index contributed by atoms with van der Waals surface area (Å²) in [5.74, 6) is 0.909. The van der Waals surface area contributed by atoms with Crippen LogP contribution in [0.5, 0.6) is 5.75 Å². The molecule has 7 nitrogen and oxygen atoms in total. The maximum atomic E-state index is 11.9. The van der Waals surface area contributed by atoms with E-state index < -0.39 is 11.6 Å². The molecule has 29 heavy (non-hydrogen) atoms. The number of aromatic nitrogens is 2. The van der Waals surface area contributed by atoms with Crippen LogP contribution in [-0.2, 0) is 32.2 Å². The van der Waals surface area contributed by atoms with Gasteiger partial charge in [-0.25, -0.2) is 4.79 Å². The van der Waals surface area contributed by atoms with Crippen LogP contribution in [0.2, 0.25) is 0 Å². The van der Waals surface area contributed by atoms with Gasteiger partial charge in [0.15, 0.2) is 5.60 Å². The zero-order chi connectivity index (χ0) is 20.9. The van der Waals surface area contributed by atoms with Gasteiger partial charge in [-0.05, 0) is 50.8 Å². The molecule has 7 heteroatoms. The smallest absolute Gasteiger partial charge is 0.337 e. The number of ether oxygens (including phenoxy) is 4. The highest BCUT2D eigenvalue weighted by Gasteiger charge is 2.30. The third kappa shape index (κ3) is 5.36. The largest absolute Gasteiger partial charge is 0.497 e. The van der Waals surface area contributed by atoms with Crippen LogP contribution in [0.3, 0.4) is 0 Å². The van der Waals surface area contributed by atoms with Crippen molar-refractivity contribution >= 4 is 5.97 Å². The Balaban J connectivity index is 1.85. The van der Waals surface area contributed by atoms with Gasteiger partial charge in [-0.2, -0.15) is 5.10 Å². The molecule has 3 rings (SSSR count). The third-order valence-corrected chi connectivity index (χ3v) is 5.23. The van der Waals surface area contributed by atoms with E-state index in [-0.39, 0.29) is 6.61 Å². The summed E-state index contributed by atoms with van der Waals surface area (Å²) in [7, 11) is 3.02. The molecule has 0 aliphatic carbocycles. The summed E-state index contributed by atoms with van der Waals surface area (Å²) in [6, 6.07) is 9.95. The Morgan fingerprint density at radius 1 is 1.24 bits per heavy atom. The number of hydrogen-bond acceptors (Lipinski definition) is 6. The Kier molecular flexibility index (Phi) is 6.92. The molecule has 1 aromatic carbocycles. The highest BCUT2D eigenvalue weighted by atomic mass is 16.6. The van der Waals surface area contributed by atoms with Crippen LogP contribution >= 0.6 is 0 Å². The fourth-order valence-electron chi connectivity index (χ4n) is 3.43. The molecule has 0 spiro atoms. The van der Waals surface area contributed by atoms with Crippen LogP contribution in [-0.4, -0.2) is 48.8 Å². The minimum Gasteiger partial charge on any atom is -0.497 e. The third-order valence-electron chi connectivity index (χ3n) is 5.23. The van der Waals surface area contributed by atoms with Gasteiger partial charge in [0.1, 0.15) is 5.75 Å². The van der Waals surface area contributed by atoms with Gasteiger partial charge in [-0.15, -0.1) is 0 Å². The van der Waals surface area contributed by atoms with Gasteiger partial charge < -0.3 is 18.9 Å². The van der Waals surface area contributed by atoms with Crippen molar-refractivity contribution in [3.8, 4) is 17.0 Å². The number of methoxy groups -OCH3 is 2. The zero-order valence-corrected chi connectivity index (χ0v) is 17.6. The van der Waals surface area contributed by atoms with E-state index in [1.54, 1.807) is 21.0 Å². The summed E-state index contributed by atoms with van der Waals surface area (Å²) in [6.07, 6.45) is 2.05. The number of carbonyl (C=O) groups excluding carboxylic acids is 1. The molecule has 1 fully saturated rings. The van der Waals surface area contributed by atoms with E-state index in [4.69, 9.17) is 24.0 Å². The summed E-state index contributed by atoms with van der Waals surface area (Å²) in [4.78, 5) is 11.9. The van der Waals surface area contributed by atoms with Crippen LogP contribution in [0.1, 0.15) is 32.4 Å². The van der Waals surface area contributed by atoms with E-state index in [9.17, 15) is 4.79 Å². The van der Waals surface area contributed by atoms with Gasteiger partial charge >= 0.3 is 5.97 Å². The molecule has 0 radical (unpaired) electrons. The van der Waals surface area contributed by atoms with Crippen molar-refractivity contribution in [3.05, 3.63) is 36.0 Å². The van der Waals surface area contributed by atoms with Crippen molar-refractivity contribution in [1.82, 2.24) is 9.78 Å². The van der Waals surface area contributed by atoms with E-state index in [1.165, 1.54) is 7.11 Å². The summed E-state index contributed by atoms with van der Waals surface area (Å²) in [5.41, 5.74) is 1.77. The molecular weight excluding hydrogens is 372 g/mol. The van der Waals surface area contributed by atoms with Gasteiger partial charge in [0.05, 0.1) is 32.2 Å². The molecule has 2 aromatic rings. The average molecular weight is 402 g/mol. The second-order valence-corrected chi connectivity index (χ2v) is 7.78. The molecule has 2 heterocycles. The number of rotatable bonds is 8. The van der Waals surface area contributed by atoms with E-state index in [1.807, 2.05) is 35.0 Å². The van der Waals surface area contributed by atoms with Crippen LogP contribution in [0.15, 0.2) is 30.3 Å². The van der Waals surface area contributed by atoms with Gasteiger partial charge in [0.25, 0.3) is 0 Å². The van der Waals surface area contributed by atoms with Crippen LogP contribution in [0.25, 0.3) is 11.3 Å². The van der Waals surface area contributed by atoms with Crippen molar-refractivity contribution in [1.29, 1.82) is 0 Å². The molecular formula is C22H30N2O5. The van der Waals surface area contributed by atoms with Gasteiger partial charge in [-0.1, -0.05) is 12.1 Å². The molecule has 0 atom stereocenters. The lowest BCUT2D eigenvalue weighted by atomic mass is 10.0. The number of esters is 1. The predicted octanol–water partition coefficient (Wildman–Crippen LogP) is 3.45. The average Bonchev–Trinajstić information content (AvgIpc) is 3.15. The SMILES string of the molecule is COC(=O)C(C)(C)OCc1cc(-c2cccc(OC)c2)n(CC2CCOCC2)n1. The minimum absolute atomic E-state index is 0.222. The van der Waals surface area contributed by atoms with E-state index in [0.717, 1.165) is 55.3 Å². The molecule has 0 saturated carbocycles. The number of carbonyl (C=O) groups is 1. The Morgan fingerprint density at radius 3 is 2.69 bits per heavy atom. The summed E-state index contributed by atoms with van der Waals surface area (Å²) < 4.78 is 23.5. The summed E-state index contributed by atoms with van der Waals surface area (Å²) in [6.45, 7) is 6.02. The van der Waals surface area contributed by atoms with Crippen molar-refractivity contribution in [2.45, 2.75) is 45.4 Å². The quantitative estimate of drug-likeness (QED) is 0.630. The molecule has 1 saturated heterocycles. The lowest BCUT2D eigenvalue weighted by molar-refractivity contribution is -0.166. The predicted molar refractivity (Wildman–Crippen MR) is 109 cm³/mol. The molecule has 1 aliphatic rings. The van der Waals surface area contributed by atoms with E-state index in [2.05, 4.69) is 0 Å². The van der Waals surface area contributed by atoms with Crippen molar-refractivity contribution in [2.75, 3.05) is 27.4 Å². The Morgan fingerprint density at radius 2 is 2.00 bits per heavy atom. The topological polar surface area (TPSA) is 71.8 Å². The van der Waals surface area contributed by atoms with E-state index in [0.29, 0.717) is 5.92 Å². The monoisotopic (exact) mass is 402 g/mol. The maximum Gasteiger partial charge on any atom is 0.337 e. The Bertz CT molecular complexity index is 824. The normalized spacial score (nSPS) is 15.3. The first kappa shape index (κ1) is 21.3. The lowest BCUT2D eigenvalue weighted by Crippen LogP contribution is -2.35. The van der Waals surface area contributed by atoms with Gasteiger partial charge in [-0.3, -0.25) is 4.68 Å². The minimum atomic E-state index is -1.03. The highest BCUT2D eigenvalue weighted by molar-refractivity contribution is 5.78. The van der Waals surface area contributed by atoms with Gasteiger partial charge in [0.2, 0.25) is 0 Å². The molecule has 0 unspecified atom stereocenters. The van der Waals surface area contributed by atoms with Crippen LogP contribution in [0.4, 0.5) is 0 Å². The first-order chi connectivity index (χ1) is 13.9. The molecule has 0 N–H and O–H groups in total. The second kappa shape index (κ2) is 9.41. The first-order valence-electron chi connectivity index (χ1n) is 9.94. The second-order valence-electron chi connectivity index (χ2n) is 7.78. The number of hydrogen-bond donors (Lipinski definition) is 0.